The van der Waals surface area contributed by atoms with Crippen LogP contribution in [0.4, 0.5) is 4.39 Å². The van der Waals surface area contributed by atoms with Crippen LogP contribution in [0.15, 0.2) is 72.8 Å². The van der Waals surface area contributed by atoms with Crippen molar-refractivity contribution in [1.82, 2.24) is 0 Å². The molecule has 0 unspecified atom stereocenters. The van der Waals surface area contributed by atoms with Crippen LogP contribution in [0.1, 0.15) is 33.2 Å². The molecule has 32 heavy (non-hydrogen) atoms. The summed E-state index contributed by atoms with van der Waals surface area (Å²) in [6, 6.07) is 18.3. The molecular weight excluding hydrogens is 411 g/mol. The Labute approximate surface area is 187 Å². The van der Waals surface area contributed by atoms with Gasteiger partial charge in [0.15, 0.2) is 11.6 Å². The van der Waals surface area contributed by atoms with Gasteiger partial charge in [0, 0.05) is 22.8 Å². The highest BCUT2D eigenvalue weighted by Crippen LogP contribution is 2.18. The van der Waals surface area contributed by atoms with Crippen LogP contribution >= 0.6 is 0 Å². The molecule has 0 aromatic heterocycles. The van der Waals surface area contributed by atoms with Gasteiger partial charge in [-0.2, -0.15) is 0 Å². The van der Waals surface area contributed by atoms with Crippen LogP contribution < -0.4 is 14.2 Å². The van der Waals surface area contributed by atoms with Crippen LogP contribution in [0.5, 0.6) is 17.2 Å². The number of ether oxygens (including phenoxy) is 3. The van der Waals surface area contributed by atoms with Crippen molar-refractivity contribution in [2.75, 3.05) is 21.3 Å². The maximum atomic E-state index is 13.7. The number of rotatable bonds is 7. The van der Waals surface area contributed by atoms with Gasteiger partial charge in [0.2, 0.25) is 0 Å². The molecule has 5 nitrogen and oxygen atoms in total. The normalized spacial score (nSPS) is 10.2. The van der Waals surface area contributed by atoms with Gasteiger partial charge in [0.05, 0.1) is 21.3 Å². The zero-order valence-corrected chi connectivity index (χ0v) is 18.4. The Bertz CT molecular complexity index is 1070. The van der Waals surface area contributed by atoms with E-state index in [1.54, 1.807) is 81.8 Å². The number of carbonyl (C=O) groups excluding carboxylic acids is 2. The molecule has 0 heterocycles. The summed E-state index contributed by atoms with van der Waals surface area (Å²) in [5.74, 6) is 1.33. The molecule has 0 atom stereocenters. The van der Waals surface area contributed by atoms with E-state index in [2.05, 4.69) is 0 Å². The monoisotopic (exact) mass is 436 g/mol. The Hall–Kier alpha value is -3.93. The van der Waals surface area contributed by atoms with Crippen LogP contribution in [0, 0.1) is 5.82 Å². The first-order valence-corrected chi connectivity index (χ1v) is 9.73. The van der Waals surface area contributed by atoms with Crippen LogP contribution in [-0.4, -0.2) is 32.9 Å². The minimum absolute atomic E-state index is 0.0765. The molecule has 166 valence electrons. The fourth-order valence-electron chi connectivity index (χ4n) is 2.61. The van der Waals surface area contributed by atoms with Gasteiger partial charge in [-0.05, 0) is 79.7 Å². The molecule has 0 aliphatic rings. The SMILES string of the molecule is COc1ccc(C(=O)C=Cc2ccc(OC)cc2F)cc1.COc1ccc(C(C)=O)cc1. The number of Topliss-reactive ketones (excluding diaryl/α,β-unsaturated/α-hetero) is 1. The summed E-state index contributed by atoms with van der Waals surface area (Å²) in [5, 5.41) is 0. The highest BCUT2D eigenvalue weighted by molar-refractivity contribution is 6.06. The number of ketones is 2. The van der Waals surface area contributed by atoms with Crippen molar-refractivity contribution in [3.8, 4) is 17.2 Å². The lowest BCUT2D eigenvalue weighted by Crippen LogP contribution is -1.94. The predicted octanol–water partition coefficient (Wildman–Crippen LogP) is 5.64. The van der Waals surface area contributed by atoms with Gasteiger partial charge >= 0.3 is 0 Å². The molecule has 3 aromatic carbocycles. The van der Waals surface area contributed by atoms with Crippen LogP contribution in [0.2, 0.25) is 0 Å². The molecule has 0 fully saturated rings. The largest absolute Gasteiger partial charge is 0.497 e. The first kappa shape index (κ1) is 24.3. The maximum Gasteiger partial charge on any atom is 0.185 e. The van der Waals surface area contributed by atoms with Crippen LogP contribution in [-0.2, 0) is 0 Å². The fourth-order valence-corrected chi connectivity index (χ4v) is 2.61. The Kier molecular flexibility index (Phi) is 9.17. The second kappa shape index (κ2) is 12.1. The number of methoxy groups -OCH3 is 3. The Morgan fingerprint density at radius 3 is 1.62 bits per heavy atom. The highest BCUT2D eigenvalue weighted by Gasteiger charge is 2.04. The summed E-state index contributed by atoms with van der Waals surface area (Å²) in [5.41, 5.74) is 1.56. The summed E-state index contributed by atoms with van der Waals surface area (Å²) in [6.07, 6.45) is 2.79. The number of allylic oxidation sites excluding steroid dienone is 1. The van der Waals surface area contributed by atoms with E-state index in [-0.39, 0.29) is 11.6 Å². The van der Waals surface area contributed by atoms with Gasteiger partial charge in [0.25, 0.3) is 0 Å². The summed E-state index contributed by atoms with van der Waals surface area (Å²) in [4.78, 5) is 22.8. The van der Waals surface area contributed by atoms with E-state index in [1.165, 1.54) is 25.3 Å². The lowest BCUT2D eigenvalue weighted by molar-refractivity contribution is 0.101. The number of benzene rings is 3. The summed E-state index contributed by atoms with van der Waals surface area (Å²) in [6.45, 7) is 1.54. The third kappa shape index (κ3) is 7.09. The molecule has 0 radical (unpaired) electrons. The highest BCUT2D eigenvalue weighted by atomic mass is 19.1. The topological polar surface area (TPSA) is 61.8 Å². The average Bonchev–Trinajstić information content (AvgIpc) is 2.83. The van der Waals surface area contributed by atoms with Gasteiger partial charge < -0.3 is 14.2 Å². The molecule has 0 bridgehead atoms. The first-order valence-electron chi connectivity index (χ1n) is 9.73. The summed E-state index contributed by atoms with van der Waals surface area (Å²) >= 11 is 0. The van der Waals surface area contributed by atoms with Gasteiger partial charge in [-0.1, -0.05) is 0 Å². The van der Waals surface area contributed by atoms with Crippen molar-refractivity contribution < 1.29 is 28.2 Å². The molecule has 6 heteroatoms. The van der Waals surface area contributed by atoms with E-state index < -0.39 is 5.82 Å². The molecule has 0 saturated carbocycles. The Morgan fingerprint density at radius 1 is 0.719 bits per heavy atom. The average molecular weight is 436 g/mol. The van der Waals surface area contributed by atoms with Crippen LogP contribution in [0.3, 0.4) is 0 Å². The first-order chi connectivity index (χ1) is 15.4. The summed E-state index contributed by atoms with van der Waals surface area (Å²) in [7, 11) is 4.63. The number of hydrogen-bond acceptors (Lipinski definition) is 5. The second-order valence-corrected chi connectivity index (χ2v) is 6.60. The summed E-state index contributed by atoms with van der Waals surface area (Å²) < 4.78 is 28.6. The van der Waals surface area contributed by atoms with Crippen molar-refractivity contribution in [2.24, 2.45) is 0 Å². The molecule has 3 rings (SSSR count). The molecule has 0 spiro atoms. The molecule has 0 aliphatic heterocycles. The van der Waals surface area contributed by atoms with Crippen molar-refractivity contribution in [3.05, 3.63) is 95.3 Å². The quantitative estimate of drug-likeness (QED) is 0.354. The molecular formula is C26H25FO5. The second-order valence-electron chi connectivity index (χ2n) is 6.60. The van der Waals surface area contributed by atoms with Crippen molar-refractivity contribution in [1.29, 1.82) is 0 Å². The van der Waals surface area contributed by atoms with Gasteiger partial charge in [0.1, 0.15) is 23.1 Å². The minimum Gasteiger partial charge on any atom is -0.497 e. The van der Waals surface area contributed by atoms with E-state index in [9.17, 15) is 14.0 Å². The molecule has 0 N–H and O–H groups in total. The predicted molar refractivity (Wildman–Crippen MR) is 122 cm³/mol. The standard InChI is InChI=1S/C17H15FO3.C9H10O2/c1-20-14-7-4-13(5-8-14)17(19)10-6-12-3-9-15(21-2)11-16(12)18;1-7(10)8-3-5-9(11-2)6-4-8/h3-11H,1-2H3;3-6H,1-2H3. The Balaban J connectivity index is 0.000000278. The molecule has 0 aliphatic carbocycles. The maximum absolute atomic E-state index is 13.7. The molecule has 3 aromatic rings. The minimum atomic E-state index is -0.437. The zero-order chi connectivity index (χ0) is 23.5. The molecule has 0 saturated heterocycles. The van der Waals surface area contributed by atoms with Gasteiger partial charge in [-0.15, -0.1) is 0 Å². The zero-order valence-electron chi connectivity index (χ0n) is 18.4. The van der Waals surface area contributed by atoms with E-state index in [0.717, 1.165) is 5.75 Å². The number of halogens is 1. The third-order valence-electron chi connectivity index (χ3n) is 4.49. The number of carbonyl (C=O) groups is 2. The smallest absolute Gasteiger partial charge is 0.185 e. The van der Waals surface area contributed by atoms with E-state index in [1.807, 2.05) is 0 Å². The molecule has 0 amide bonds. The lowest BCUT2D eigenvalue weighted by atomic mass is 10.1. The lowest BCUT2D eigenvalue weighted by Gasteiger charge is -2.02. The van der Waals surface area contributed by atoms with Gasteiger partial charge in [-0.3, -0.25) is 9.59 Å². The van der Waals surface area contributed by atoms with Crippen molar-refractivity contribution in [3.63, 3.8) is 0 Å². The Morgan fingerprint density at radius 2 is 1.19 bits per heavy atom. The van der Waals surface area contributed by atoms with E-state index in [0.29, 0.717) is 28.2 Å². The van der Waals surface area contributed by atoms with Crippen LogP contribution in [0.25, 0.3) is 6.08 Å². The van der Waals surface area contributed by atoms with Crippen molar-refractivity contribution in [2.45, 2.75) is 6.92 Å². The van der Waals surface area contributed by atoms with Crippen molar-refractivity contribution >= 4 is 17.6 Å². The third-order valence-corrected chi connectivity index (χ3v) is 4.49. The number of hydrogen-bond donors (Lipinski definition) is 0. The van der Waals surface area contributed by atoms with Gasteiger partial charge in [-0.25, -0.2) is 4.39 Å². The van der Waals surface area contributed by atoms with E-state index in [4.69, 9.17) is 14.2 Å². The fraction of sp³-hybridized carbons (Fsp3) is 0.154. The van der Waals surface area contributed by atoms with E-state index >= 15 is 0 Å².